The molecule has 5 nitrogen and oxygen atoms in total. The van der Waals surface area contributed by atoms with Gasteiger partial charge in [-0.3, -0.25) is 4.79 Å². The molecule has 0 atom stereocenters. The van der Waals surface area contributed by atoms with E-state index < -0.39 is 6.09 Å². The van der Waals surface area contributed by atoms with Gasteiger partial charge < -0.3 is 15.4 Å². The van der Waals surface area contributed by atoms with Gasteiger partial charge in [0.1, 0.15) is 0 Å². The predicted molar refractivity (Wildman–Crippen MR) is 64.5 cm³/mol. The maximum absolute atomic E-state index is 12.0. The summed E-state index contributed by atoms with van der Waals surface area (Å²) in [4.78, 5) is 25.5. The zero-order valence-corrected chi connectivity index (χ0v) is 9.98. The Kier molecular flexibility index (Phi) is 2.43. The van der Waals surface area contributed by atoms with Crippen molar-refractivity contribution in [1.82, 2.24) is 10.3 Å². The number of carbonyl (C=O) groups is 2. The molecular weight excluding hydrogens is 232 g/mol. The second-order valence-electron chi connectivity index (χ2n) is 5.61. The van der Waals surface area contributed by atoms with Crippen LogP contribution in [0.4, 0.5) is 4.79 Å². The Morgan fingerprint density at radius 2 is 2.06 bits per heavy atom. The van der Waals surface area contributed by atoms with Gasteiger partial charge in [-0.1, -0.05) is 0 Å². The predicted octanol–water partition coefficient (Wildman–Crippen LogP) is 2.02. The fourth-order valence-corrected chi connectivity index (χ4v) is 3.47. The van der Waals surface area contributed by atoms with Crippen molar-refractivity contribution in [2.24, 2.45) is 11.3 Å². The number of hydrogen-bond donors (Lipinski definition) is 3. The minimum atomic E-state index is -0.951. The lowest BCUT2D eigenvalue weighted by Gasteiger charge is -2.57. The van der Waals surface area contributed by atoms with Crippen LogP contribution in [0.15, 0.2) is 18.3 Å². The molecule has 1 spiro atoms. The monoisotopic (exact) mass is 248 g/mol. The molecule has 2 aliphatic carbocycles. The number of H-pyrrole nitrogens is 1. The van der Waals surface area contributed by atoms with Gasteiger partial charge in [0.25, 0.3) is 0 Å². The maximum Gasteiger partial charge on any atom is 0.404 e. The highest BCUT2D eigenvalue weighted by molar-refractivity contribution is 5.96. The number of rotatable bonds is 3. The van der Waals surface area contributed by atoms with Crippen LogP contribution in [0.25, 0.3) is 0 Å². The summed E-state index contributed by atoms with van der Waals surface area (Å²) in [6, 6.07) is 3.73. The van der Waals surface area contributed by atoms with E-state index in [0.29, 0.717) is 5.69 Å². The Hall–Kier alpha value is -1.78. The zero-order chi connectivity index (χ0) is 12.8. The van der Waals surface area contributed by atoms with Crippen molar-refractivity contribution in [2.45, 2.75) is 31.7 Å². The first-order chi connectivity index (χ1) is 8.58. The summed E-state index contributed by atoms with van der Waals surface area (Å²) < 4.78 is 0. The molecule has 1 heterocycles. The normalized spacial score (nSPS) is 33.6. The van der Waals surface area contributed by atoms with E-state index in [9.17, 15) is 9.59 Å². The van der Waals surface area contributed by atoms with Crippen LogP contribution in [0.5, 0.6) is 0 Å². The van der Waals surface area contributed by atoms with Gasteiger partial charge in [0.2, 0.25) is 0 Å². The minimum Gasteiger partial charge on any atom is -0.465 e. The molecule has 18 heavy (non-hydrogen) atoms. The molecule has 1 amide bonds. The number of amides is 1. The molecule has 5 heteroatoms. The van der Waals surface area contributed by atoms with E-state index in [4.69, 9.17) is 5.11 Å². The lowest BCUT2D eigenvalue weighted by Crippen LogP contribution is -2.57. The summed E-state index contributed by atoms with van der Waals surface area (Å²) >= 11 is 0. The molecule has 0 aromatic carbocycles. The largest absolute Gasteiger partial charge is 0.465 e. The smallest absolute Gasteiger partial charge is 0.404 e. The van der Waals surface area contributed by atoms with Crippen LogP contribution in [0.3, 0.4) is 0 Å². The Morgan fingerprint density at radius 1 is 1.33 bits per heavy atom. The molecule has 0 bridgehead atoms. The molecule has 0 radical (unpaired) electrons. The second-order valence-corrected chi connectivity index (χ2v) is 5.61. The van der Waals surface area contributed by atoms with Crippen molar-refractivity contribution in [1.29, 1.82) is 0 Å². The molecule has 3 rings (SSSR count). The molecular formula is C13H16N2O3. The molecule has 96 valence electrons. The van der Waals surface area contributed by atoms with E-state index in [1.165, 1.54) is 0 Å². The Bertz CT molecular complexity index is 466. The van der Waals surface area contributed by atoms with Crippen LogP contribution in [0.1, 0.15) is 36.2 Å². The summed E-state index contributed by atoms with van der Waals surface area (Å²) in [5.74, 6) is 0.315. The van der Waals surface area contributed by atoms with Crippen molar-refractivity contribution in [3.63, 3.8) is 0 Å². The van der Waals surface area contributed by atoms with Crippen LogP contribution >= 0.6 is 0 Å². The van der Waals surface area contributed by atoms with Gasteiger partial charge in [0.15, 0.2) is 5.78 Å². The number of nitrogens with one attached hydrogen (secondary N) is 2. The average molecular weight is 248 g/mol. The molecule has 0 unspecified atom stereocenters. The van der Waals surface area contributed by atoms with Crippen LogP contribution in [0.2, 0.25) is 0 Å². The highest BCUT2D eigenvalue weighted by Crippen LogP contribution is 2.59. The van der Waals surface area contributed by atoms with Crippen LogP contribution < -0.4 is 5.32 Å². The number of carbonyl (C=O) groups excluding carboxylic acids is 1. The maximum atomic E-state index is 12.0. The molecule has 0 saturated heterocycles. The summed E-state index contributed by atoms with van der Waals surface area (Å²) in [5.41, 5.74) is 0.925. The van der Waals surface area contributed by atoms with Gasteiger partial charge in [-0.15, -0.1) is 0 Å². The fraction of sp³-hybridized carbons (Fsp3) is 0.538. The summed E-state index contributed by atoms with van der Waals surface area (Å²) in [7, 11) is 0. The molecule has 2 aliphatic rings. The Morgan fingerprint density at radius 3 is 2.61 bits per heavy atom. The summed E-state index contributed by atoms with van der Waals surface area (Å²) in [5, 5.41) is 11.1. The van der Waals surface area contributed by atoms with Gasteiger partial charge in [-0.25, -0.2) is 4.79 Å². The van der Waals surface area contributed by atoms with Gasteiger partial charge in [0.05, 0.1) is 5.69 Å². The lowest BCUT2D eigenvalue weighted by atomic mass is 9.49. The SMILES string of the molecule is O=C(O)NC1CC2(C1)CC(C(=O)c1ccc[nH]1)C2. The van der Waals surface area contributed by atoms with Gasteiger partial charge >= 0.3 is 6.09 Å². The number of ketones is 1. The Balaban J connectivity index is 1.50. The van der Waals surface area contributed by atoms with E-state index in [1.54, 1.807) is 6.20 Å². The minimum absolute atomic E-state index is 0.0871. The van der Waals surface area contributed by atoms with E-state index in [2.05, 4.69) is 10.3 Å². The molecule has 1 aromatic rings. The van der Waals surface area contributed by atoms with Crippen molar-refractivity contribution < 1.29 is 14.7 Å². The zero-order valence-electron chi connectivity index (χ0n) is 9.98. The number of aromatic nitrogens is 1. The first-order valence-corrected chi connectivity index (χ1v) is 6.25. The van der Waals surface area contributed by atoms with Crippen LogP contribution in [0, 0.1) is 11.3 Å². The molecule has 2 fully saturated rings. The average Bonchev–Trinajstić information content (AvgIpc) is 2.71. The standard InChI is InChI=1S/C13H16N2O3/c16-11(10-2-1-3-14-10)8-4-13(5-8)6-9(7-13)15-12(17)18/h1-3,8-9,14-15H,4-7H2,(H,17,18). The number of hydrogen-bond acceptors (Lipinski definition) is 2. The Labute approximate surface area is 105 Å². The van der Waals surface area contributed by atoms with E-state index in [-0.39, 0.29) is 23.2 Å². The van der Waals surface area contributed by atoms with E-state index in [0.717, 1.165) is 25.7 Å². The van der Waals surface area contributed by atoms with Gasteiger partial charge in [-0.05, 0) is 43.2 Å². The van der Waals surface area contributed by atoms with Crippen molar-refractivity contribution in [3.05, 3.63) is 24.0 Å². The van der Waals surface area contributed by atoms with E-state index in [1.807, 2.05) is 12.1 Å². The second kappa shape index (κ2) is 3.86. The van der Waals surface area contributed by atoms with Crippen molar-refractivity contribution in [2.75, 3.05) is 0 Å². The summed E-state index contributed by atoms with van der Waals surface area (Å²) in [6.45, 7) is 0. The third-order valence-electron chi connectivity index (χ3n) is 4.28. The summed E-state index contributed by atoms with van der Waals surface area (Å²) in [6.07, 6.45) is 4.39. The molecule has 2 saturated carbocycles. The first-order valence-electron chi connectivity index (χ1n) is 6.25. The quantitative estimate of drug-likeness (QED) is 0.716. The van der Waals surface area contributed by atoms with Crippen LogP contribution in [-0.2, 0) is 0 Å². The highest BCUT2D eigenvalue weighted by atomic mass is 16.4. The number of aromatic amines is 1. The fourth-order valence-electron chi connectivity index (χ4n) is 3.47. The molecule has 1 aromatic heterocycles. The third-order valence-corrected chi connectivity index (χ3v) is 4.28. The molecule has 0 aliphatic heterocycles. The first kappa shape index (κ1) is 11.3. The number of carboxylic acid groups (broad SMARTS) is 1. The number of Topliss-reactive ketones (excluding diaryl/α,β-unsaturated/α-hetero) is 1. The van der Waals surface area contributed by atoms with Crippen LogP contribution in [-0.4, -0.2) is 28.0 Å². The van der Waals surface area contributed by atoms with Crippen molar-refractivity contribution in [3.8, 4) is 0 Å². The van der Waals surface area contributed by atoms with Gasteiger partial charge in [0, 0.05) is 18.2 Å². The molecule has 3 N–H and O–H groups in total. The third kappa shape index (κ3) is 1.79. The highest BCUT2D eigenvalue weighted by Gasteiger charge is 2.55. The topological polar surface area (TPSA) is 82.2 Å². The lowest BCUT2D eigenvalue weighted by molar-refractivity contribution is -0.0369. The van der Waals surface area contributed by atoms with E-state index >= 15 is 0 Å². The van der Waals surface area contributed by atoms with Gasteiger partial charge in [-0.2, -0.15) is 0 Å². The van der Waals surface area contributed by atoms with Crippen molar-refractivity contribution >= 4 is 11.9 Å².